The first kappa shape index (κ1) is 26.8. The van der Waals surface area contributed by atoms with Crippen molar-refractivity contribution in [2.45, 2.75) is 97.6 Å². The molecule has 2 fully saturated rings. The van der Waals surface area contributed by atoms with Gasteiger partial charge in [-0.15, -0.1) is 0 Å². The van der Waals surface area contributed by atoms with E-state index in [0.717, 1.165) is 57.7 Å². The summed E-state index contributed by atoms with van der Waals surface area (Å²) < 4.78 is 6.15. The van der Waals surface area contributed by atoms with Crippen LogP contribution >= 0.6 is 0 Å². The van der Waals surface area contributed by atoms with Crippen molar-refractivity contribution < 1.29 is 9.53 Å². The molecule has 1 amide bonds. The van der Waals surface area contributed by atoms with Crippen LogP contribution in [0.3, 0.4) is 0 Å². The van der Waals surface area contributed by atoms with Crippen molar-refractivity contribution in [3.05, 3.63) is 24.3 Å². The van der Waals surface area contributed by atoms with E-state index in [4.69, 9.17) is 10.5 Å². The molecule has 1 saturated carbocycles. The molecule has 2 N–H and O–H groups in total. The third kappa shape index (κ3) is 8.18. The minimum atomic E-state index is -0.386. The molecule has 0 spiro atoms. The van der Waals surface area contributed by atoms with Crippen LogP contribution in [0.1, 0.15) is 85.5 Å². The van der Waals surface area contributed by atoms with Gasteiger partial charge in [-0.05, 0) is 80.5 Å². The molecule has 1 aromatic carbocycles. The maximum absolute atomic E-state index is 13.0. The summed E-state index contributed by atoms with van der Waals surface area (Å²) in [5, 5.41) is 0. The van der Waals surface area contributed by atoms with Crippen molar-refractivity contribution in [2.24, 2.45) is 23.5 Å². The van der Waals surface area contributed by atoms with Gasteiger partial charge in [0.25, 0.3) is 0 Å². The molecular formula is C29H49N3O2. The lowest BCUT2D eigenvalue weighted by atomic mass is 9.90. The van der Waals surface area contributed by atoms with Crippen molar-refractivity contribution in [1.29, 1.82) is 0 Å². The Balaban J connectivity index is 1.65. The van der Waals surface area contributed by atoms with E-state index >= 15 is 0 Å². The SMILES string of the molecule is CC(C)CCN(c1ccc(OCC2CCCCC2)cc1)C1CCCN(C(=O)[C@@H](N)CC(C)C)C1. The number of carbonyl (C=O) groups is 1. The van der Waals surface area contributed by atoms with E-state index in [2.05, 4.69) is 56.9 Å². The summed E-state index contributed by atoms with van der Waals surface area (Å²) in [6.45, 7) is 12.3. The standard InChI is InChI=1S/C29H49N3O2/c1-22(2)16-18-32(26-11-8-17-31(20-26)29(33)28(30)19-23(3)4)25-12-14-27(15-13-25)34-21-24-9-6-5-7-10-24/h12-15,22-24,26,28H,5-11,16-21,30H2,1-4H3/t26?,28-/m0/s1. The molecule has 0 aromatic heterocycles. The predicted octanol–water partition coefficient (Wildman–Crippen LogP) is 5.86. The number of anilines is 1. The maximum atomic E-state index is 13.0. The van der Waals surface area contributed by atoms with Crippen LogP contribution in [-0.4, -0.2) is 49.1 Å². The molecule has 5 nitrogen and oxygen atoms in total. The van der Waals surface area contributed by atoms with E-state index < -0.39 is 0 Å². The molecule has 3 rings (SSSR count). The summed E-state index contributed by atoms with van der Waals surface area (Å²) in [6.07, 6.45) is 10.7. The van der Waals surface area contributed by atoms with Gasteiger partial charge in [-0.25, -0.2) is 0 Å². The van der Waals surface area contributed by atoms with Gasteiger partial charge in [0, 0.05) is 31.4 Å². The Kier molecular flexibility index (Phi) is 10.6. The van der Waals surface area contributed by atoms with E-state index in [1.54, 1.807) is 0 Å². The van der Waals surface area contributed by atoms with Crippen molar-refractivity contribution in [3.8, 4) is 5.75 Å². The zero-order chi connectivity index (χ0) is 24.5. The lowest BCUT2D eigenvalue weighted by molar-refractivity contribution is -0.134. The second kappa shape index (κ2) is 13.4. The highest BCUT2D eigenvalue weighted by atomic mass is 16.5. The molecule has 1 heterocycles. The largest absolute Gasteiger partial charge is 0.493 e. The first-order valence-corrected chi connectivity index (χ1v) is 13.9. The fourth-order valence-corrected chi connectivity index (χ4v) is 5.47. The number of piperidine rings is 1. The molecule has 2 atom stereocenters. The van der Waals surface area contributed by atoms with Gasteiger partial charge in [0.15, 0.2) is 0 Å². The molecule has 0 radical (unpaired) electrons. The van der Waals surface area contributed by atoms with Gasteiger partial charge >= 0.3 is 0 Å². The van der Waals surface area contributed by atoms with Gasteiger partial charge in [-0.2, -0.15) is 0 Å². The molecule has 34 heavy (non-hydrogen) atoms. The Bertz CT molecular complexity index is 727. The molecule has 5 heteroatoms. The van der Waals surface area contributed by atoms with E-state index in [9.17, 15) is 4.79 Å². The molecule has 0 bridgehead atoms. The average Bonchev–Trinajstić information content (AvgIpc) is 2.83. The highest BCUT2D eigenvalue weighted by Gasteiger charge is 2.30. The first-order valence-electron chi connectivity index (χ1n) is 13.9. The molecular weight excluding hydrogens is 422 g/mol. The second-order valence-electron chi connectivity index (χ2n) is 11.5. The zero-order valence-corrected chi connectivity index (χ0v) is 22.2. The fourth-order valence-electron chi connectivity index (χ4n) is 5.47. The average molecular weight is 472 g/mol. The van der Waals surface area contributed by atoms with Crippen LogP contribution in [0, 0.1) is 17.8 Å². The summed E-state index contributed by atoms with van der Waals surface area (Å²) >= 11 is 0. The lowest BCUT2D eigenvalue weighted by Gasteiger charge is -2.41. The van der Waals surface area contributed by atoms with Crippen LogP contribution in [0.5, 0.6) is 5.75 Å². The number of amides is 1. The number of hydrogen-bond acceptors (Lipinski definition) is 4. The third-order valence-electron chi connectivity index (χ3n) is 7.52. The number of hydrogen-bond donors (Lipinski definition) is 1. The van der Waals surface area contributed by atoms with Crippen molar-refractivity contribution in [3.63, 3.8) is 0 Å². The Labute approximate surface area is 208 Å². The molecule has 192 valence electrons. The van der Waals surface area contributed by atoms with E-state index in [1.807, 2.05) is 4.90 Å². The van der Waals surface area contributed by atoms with Gasteiger partial charge < -0.3 is 20.3 Å². The smallest absolute Gasteiger partial charge is 0.239 e. The molecule has 1 unspecified atom stereocenters. The summed E-state index contributed by atoms with van der Waals surface area (Å²) in [7, 11) is 0. The summed E-state index contributed by atoms with van der Waals surface area (Å²) in [5.74, 6) is 2.87. The molecule has 1 aliphatic carbocycles. The van der Waals surface area contributed by atoms with Gasteiger partial charge in [0.1, 0.15) is 5.75 Å². The van der Waals surface area contributed by atoms with Gasteiger partial charge in [-0.1, -0.05) is 47.0 Å². The van der Waals surface area contributed by atoms with Gasteiger partial charge in [-0.3, -0.25) is 4.79 Å². The number of nitrogens with two attached hydrogens (primary N) is 1. The quantitative estimate of drug-likeness (QED) is 0.439. The number of carbonyl (C=O) groups excluding carboxylic acids is 1. The molecule has 1 aliphatic heterocycles. The number of ether oxygens (including phenoxy) is 1. The Morgan fingerprint density at radius 2 is 1.74 bits per heavy atom. The van der Waals surface area contributed by atoms with Crippen molar-refractivity contribution in [1.82, 2.24) is 4.90 Å². The van der Waals surface area contributed by atoms with Gasteiger partial charge in [0.2, 0.25) is 5.91 Å². The monoisotopic (exact) mass is 471 g/mol. The van der Waals surface area contributed by atoms with E-state index in [0.29, 0.717) is 23.8 Å². The molecule has 1 saturated heterocycles. The number of likely N-dealkylation sites (tertiary alicyclic amines) is 1. The molecule has 2 aliphatic rings. The van der Waals surface area contributed by atoms with Crippen molar-refractivity contribution in [2.75, 3.05) is 31.1 Å². The van der Waals surface area contributed by atoms with E-state index in [-0.39, 0.29) is 11.9 Å². The Hall–Kier alpha value is -1.75. The number of nitrogens with zero attached hydrogens (tertiary/aromatic N) is 2. The maximum Gasteiger partial charge on any atom is 0.239 e. The van der Waals surface area contributed by atoms with Gasteiger partial charge in [0.05, 0.1) is 12.6 Å². The van der Waals surface area contributed by atoms with Crippen LogP contribution < -0.4 is 15.4 Å². The summed E-state index contributed by atoms with van der Waals surface area (Å²) in [5.41, 5.74) is 7.49. The first-order chi connectivity index (χ1) is 16.3. The number of benzene rings is 1. The highest BCUT2D eigenvalue weighted by molar-refractivity contribution is 5.81. The topological polar surface area (TPSA) is 58.8 Å². The minimum Gasteiger partial charge on any atom is -0.493 e. The Morgan fingerprint density at radius 3 is 2.38 bits per heavy atom. The minimum absolute atomic E-state index is 0.119. The van der Waals surface area contributed by atoms with Crippen LogP contribution in [0.2, 0.25) is 0 Å². The van der Waals surface area contributed by atoms with E-state index in [1.165, 1.54) is 37.8 Å². The highest BCUT2D eigenvalue weighted by Crippen LogP contribution is 2.28. The van der Waals surface area contributed by atoms with Crippen LogP contribution in [0.25, 0.3) is 0 Å². The Morgan fingerprint density at radius 1 is 1.03 bits per heavy atom. The van der Waals surface area contributed by atoms with Crippen LogP contribution in [0.15, 0.2) is 24.3 Å². The second-order valence-corrected chi connectivity index (χ2v) is 11.5. The lowest BCUT2D eigenvalue weighted by Crippen LogP contribution is -2.54. The summed E-state index contributed by atoms with van der Waals surface area (Å²) in [4.78, 5) is 17.6. The number of rotatable bonds is 11. The molecule has 1 aromatic rings. The van der Waals surface area contributed by atoms with Crippen LogP contribution in [-0.2, 0) is 4.79 Å². The zero-order valence-electron chi connectivity index (χ0n) is 22.2. The third-order valence-corrected chi connectivity index (χ3v) is 7.52. The van der Waals surface area contributed by atoms with Crippen molar-refractivity contribution >= 4 is 11.6 Å². The van der Waals surface area contributed by atoms with Crippen LogP contribution in [0.4, 0.5) is 5.69 Å². The predicted molar refractivity (Wildman–Crippen MR) is 142 cm³/mol. The summed E-state index contributed by atoms with van der Waals surface area (Å²) in [6, 6.07) is 8.62. The fraction of sp³-hybridized carbons (Fsp3) is 0.759. The normalized spacial score (nSPS) is 20.6.